The van der Waals surface area contributed by atoms with E-state index < -0.39 is 5.97 Å². The summed E-state index contributed by atoms with van der Waals surface area (Å²) in [5, 5.41) is 18.2. The number of benzene rings is 2. The number of carboxylic acid groups (broad SMARTS) is 1. The van der Waals surface area contributed by atoms with E-state index in [-0.39, 0.29) is 12.2 Å². The minimum Gasteiger partial charge on any atom is -0.478 e. The zero-order valence-electron chi connectivity index (χ0n) is 9.13. The Balaban J connectivity index is 2.58. The average Bonchev–Trinajstić information content (AvgIpc) is 2.39. The molecular weight excluding hydrogens is 216 g/mol. The molecule has 0 heterocycles. The first-order valence-electron chi connectivity index (χ1n) is 5.25. The Hall–Kier alpha value is -2.13. The molecule has 0 fully saturated rings. The Morgan fingerprint density at radius 2 is 1.76 bits per heavy atom. The molecule has 2 aromatic rings. The summed E-state index contributed by atoms with van der Waals surface area (Å²) in [5.41, 5.74) is 2.61. The van der Waals surface area contributed by atoms with Gasteiger partial charge < -0.3 is 10.2 Å². The van der Waals surface area contributed by atoms with Crippen molar-refractivity contribution in [3.05, 3.63) is 59.7 Å². The van der Waals surface area contributed by atoms with Crippen LogP contribution in [0.4, 0.5) is 0 Å². The largest absolute Gasteiger partial charge is 0.478 e. The van der Waals surface area contributed by atoms with E-state index in [9.17, 15) is 9.90 Å². The number of aliphatic hydroxyl groups excluding tert-OH is 1. The zero-order valence-corrected chi connectivity index (χ0v) is 9.13. The van der Waals surface area contributed by atoms with E-state index in [0.717, 1.165) is 16.7 Å². The highest BCUT2D eigenvalue weighted by atomic mass is 16.4. The summed E-state index contributed by atoms with van der Waals surface area (Å²) in [6, 6.07) is 14.2. The van der Waals surface area contributed by atoms with E-state index in [2.05, 4.69) is 0 Å². The predicted octanol–water partition coefficient (Wildman–Crippen LogP) is 2.54. The Morgan fingerprint density at radius 1 is 1.06 bits per heavy atom. The molecule has 86 valence electrons. The molecule has 2 rings (SSSR count). The van der Waals surface area contributed by atoms with Gasteiger partial charge in [-0.3, -0.25) is 0 Å². The molecule has 0 aliphatic carbocycles. The smallest absolute Gasteiger partial charge is 0.335 e. The highest BCUT2D eigenvalue weighted by Crippen LogP contribution is 2.25. The maximum atomic E-state index is 10.9. The van der Waals surface area contributed by atoms with Gasteiger partial charge in [0.2, 0.25) is 0 Å². The van der Waals surface area contributed by atoms with Crippen LogP contribution in [0.3, 0.4) is 0 Å². The molecule has 0 bridgehead atoms. The Morgan fingerprint density at radius 3 is 2.35 bits per heavy atom. The number of hydrogen-bond donors (Lipinski definition) is 2. The number of rotatable bonds is 3. The topological polar surface area (TPSA) is 57.5 Å². The second-order valence-electron chi connectivity index (χ2n) is 3.70. The van der Waals surface area contributed by atoms with Crippen molar-refractivity contribution in [2.24, 2.45) is 0 Å². The highest BCUT2D eigenvalue weighted by Gasteiger charge is 2.09. The second-order valence-corrected chi connectivity index (χ2v) is 3.70. The molecular formula is C14H12O3. The quantitative estimate of drug-likeness (QED) is 0.848. The van der Waals surface area contributed by atoms with Crippen LogP contribution in [0.15, 0.2) is 48.5 Å². The fourth-order valence-electron chi connectivity index (χ4n) is 1.73. The number of carboxylic acids is 1. The standard InChI is InChI=1S/C14H12O3/c15-9-12-7-6-11(14(16)17)8-13(12)10-4-2-1-3-5-10/h1-8,15H,9H2,(H,16,17). The molecule has 2 N–H and O–H groups in total. The normalized spacial score (nSPS) is 10.2. The van der Waals surface area contributed by atoms with Crippen molar-refractivity contribution in [3.63, 3.8) is 0 Å². The minimum absolute atomic E-state index is 0.107. The van der Waals surface area contributed by atoms with Gasteiger partial charge in [0, 0.05) is 0 Å². The number of aromatic carboxylic acids is 1. The van der Waals surface area contributed by atoms with Gasteiger partial charge in [0.25, 0.3) is 0 Å². The summed E-state index contributed by atoms with van der Waals surface area (Å²) in [4.78, 5) is 10.9. The van der Waals surface area contributed by atoms with E-state index in [1.54, 1.807) is 12.1 Å². The molecule has 0 aliphatic heterocycles. The van der Waals surface area contributed by atoms with Crippen LogP contribution in [0.2, 0.25) is 0 Å². The molecule has 2 aromatic carbocycles. The molecule has 3 nitrogen and oxygen atoms in total. The molecule has 17 heavy (non-hydrogen) atoms. The van der Waals surface area contributed by atoms with Crippen molar-refractivity contribution in [3.8, 4) is 11.1 Å². The van der Waals surface area contributed by atoms with Crippen molar-refractivity contribution >= 4 is 5.97 Å². The fraction of sp³-hybridized carbons (Fsp3) is 0.0714. The van der Waals surface area contributed by atoms with Gasteiger partial charge in [-0.1, -0.05) is 36.4 Å². The molecule has 0 saturated heterocycles. The maximum Gasteiger partial charge on any atom is 0.335 e. The summed E-state index contributed by atoms with van der Waals surface area (Å²) in [6.45, 7) is -0.107. The van der Waals surface area contributed by atoms with Crippen LogP contribution in [0.1, 0.15) is 15.9 Å². The first-order valence-corrected chi connectivity index (χ1v) is 5.25. The van der Waals surface area contributed by atoms with Gasteiger partial charge in [-0.2, -0.15) is 0 Å². The lowest BCUT2D eigenvalue weighted by Crippen LogP contribution is -1.98. The van der Waals surface area contributed by atoms with Crippen LogP contribution in [-0.4, -0.2) is 16.2 Å². The van der Waals surface area contributed by atoms with E-state index in [1.807, 2.05) is 30.3 Å². The van der Waals surface area contributed by atoms with Gasteiger partial charge in [-0.15, -0.1) is 0 Å². The summed E-state index contributed by atoms with van der Waals surface area (Å²) in [6.07, 6.45) is 0. The van der Waals surface area contributed by atoms with Crippen LogP contribution >= 0.6 is 0 Å². The molecule has 3 heteroatoms. The van der Waals surface area contributed by atoms with Crippen molar-refractivity contribution < 1.29 is 15.0 Å². The van der Waals surface area contributed by atoms with Gasteiger partial charge in [0.15, 0.2) is 0 Å². The van der Waals surface area contributed by atoms with E-state index in [4.69, 9.17) is 5.11 Å². The lowest BCUT2D eigenvalue weighted by molar-refractivity contribution is 0.0697. The maximum absolute atomic E-state index is 10.9. The molecule has 0 spiro atoms. The lowest BCUT2D eigenvalue weighted by Gasteiger charge is -2.08. The Bertz CT molecular complexity index is 532. The summed E-state index contributed by atoms with van der Waals surface area (Å²) >= 11 is 0. The number of carbonyl (C=O) groups is 1. The number of aliphatic hydroxyl groups is 1. The van der Waals surface area contributed by atoms with Gasteiger partial charge in [-0.05, 0) is 28.8 Å². The molecule has 0 amide bonds. The van der Waals surface area contributed by atoms with E-state index in [1.165, 1.54) is 6.07 Å². The average molecular weight is 228 g/mol. The molecule has 0 aromatic heterocycles. The first kappa shape index (κ1) is 11.4. The Kier molecular flexibility index (Phi) is 3.21. The lowest BCUT2D eigenvalue weighted by atomic mass is 9.97. The van der Waals surface area contributed by atoms with Gasteiger partial charge in [0.05, 0.1) is 12.2 Å². The van der Waals surface area contributed by atoms with E-state index >= 15 is 0 Å². The van der Waals surface area contributed by atoms with Crippen molar-refractivity contribution in [2.45, 2.75) is 6.61 Å². The third-order valence-electron chi connectivity index (χ3n) is 2.61. The van der Waals surface area contributed by atoms with Crippen LogP contribution in [0, 0.1) is 0 Å². The van der Waals surface area contributed by atoms with Crippen molar-refractivity contribution in [1.82, 2.24) is 0 Å². The van der Waals surface area contributed by atoms with Crippen LogP contribution < -0.4 is 0 Å². The predicted molar refractivity (Wildman–Crippen MR) is 64.8 cm³/mol. The van der Waals surface area contributed by atoms with Crippen LogP contribution in [-0.2, 0) is 6.61 Å². The Labute approximate surface area is 99.0 Å². The molecule has 0 atom stereocenters. The van der Waals surface area contributed by atoms with Gasteiger partial charge in [-0.25, -0.2) is 4.79 Å². The van der Waals surface area contributed by atoms with Crippen LogP contribution in [0.25, 0.3) is 11.1 Å². The monoisotopic (exact) mass is 228 g/mol. The molecule has 0 unspecified atom stereocenters. The third-order valence-corrected chi connectivity index (χ3v) is 2.61. The van der Waals surface area contributed by atoms with E-state index in [0.29, 0.717) is 0 Å². The molecule has 0 aliphatic rings. The minimum atomic E-state index is -0.966. The highest BCUT2D eigenvalue weighted by molar-refractivity contribution is 5.90. The third kappa shape index (κ3) is 2.34. The fourth-order valence-corrected chi connectivity index (χ4v) is 1.73. The summed E-state index contributed by atoms with van der Waals surface area (Å²) in [5.74, 6) is -0.966. The van der Waals surface area contributed by atoms with Crippen molar-refractivity contribution in [1.29, 1.82) is 0 Å². The van der Waals surface area contributed by atoms with Gasteiger partial charge >= 0.3 is 5.97 Å². The SMILES string of the molecule is O=C(O)c1ccc(CO)c(-c2ccccc2)c1. The van der Waals surface area contributed by atoms with Gasteiger partial charge in [0.1, 0.15) is 0 Å². The van der Waals surface area contributed by atoms with Crippen molar-refractivity contribution in [2.75, 3.05) is 0 Å². The summed E-state index contributed by atoms with van der Waals surface area (Å²) < 4.78 is 0. The number of hydrogen-bond acceptors (Lipinski definition) is 2. The molecule has 0 saturated carbocycles. The second kappa shape index (κ2) is 4.80. The zero-order chi connectivity index (χ0) is 12.3. The van der Waals surface area contributed by atoms with Crippen LogP contribution in [0.5, 0.6) is 0 Å². The summed E-state index contributed by atoms with van der Waals surface area (Å²) in [7, 11) is 0. The molecule has 0 radical (unpaired) electrons. The first-order chi connectivity index (χ1) is 8.22.